The van der Waals surface area contributed by atoms with Crippen molar-refractivity contribution in [3.05, 3.63) is 35.6 Å². The molecule has 4 heteroatoms. The van der Waals surface area contributed by atoms with Crippen LogP contribution in [0.25, 0.3) is 0 Å². The maximum Gasteiger partial charge on any atom is 0.233 e. The third kappa shape index (κ3) is 1.95. The zero-order chi connectivity index (χ0) is 8.97. The SMILES string of the molecule is CO/C(=N\Cl)c1ccc(F)cc1. The molecule has 0 heterocycles. The van der Waals surface area contributed by atoms with Crippen LogP contribution in [-0.4, -0.2) is 13.0 Å². The summed E-state index contributed by atoms with van der Waals surface area (Å²) in [6, 6.07) is 5.72. The second kappa shape index (κ2) is 4.07. The average Bonchev–Trinajstić information content (AvgIpc) is 2.10. The molecule has 0 atom stereocenters. The number of hydrogen-bond acceptors (Lipinski definition) is 2. The zero-order valence-corrected chi connectivity index (χ0v) is 7.18. The predicted octanol–water partition coefficient (Wildman–Crippen LogP) is 2.37. The van der Waals surface area contributed by atoms with Crippen LogP contribution in [-0.2, 0) is 4.74 Å². The molecule has 0 bridgehead atoms. The minimum absolute atomic E-state index is 0.275. The molecule has 64 valence electrons. The molecule has 0 radical (unpaired) electrons. The normalized spacial score (nSPS) is 11.4. The van der Waals surface area contributed by atoms with E-state index in [4.69, 9.17) is 16.5 Å². The van der Waals surface area contributed by atoms with Gasteiger partial charge in [0.25, 0.3) is 0 Å². The van der Waals surface area contributed by atoms with Crippen LogP contribution in [0.4, 0.5) is 4.39 Å². The first-order chi connectivity index (χ1) is 5.77. The molecule has 0 unspecified atom stereocenters. The molecule has 0 spiro atoms. The van der Waals surface area contributed by atoms with Gasteiger partial charge >= 0.3 is 0 Å². The van der Waals surface area contributed by atoms with Crippen molar-refractivity contribution < 1.29 is 9.13 Å². The molecule has 0 aliphatic heterocycles. The van der Waals surface area contributed by atoms with Crippen molar-refractivity contribution in [1.29, 1.82) is 0 Å². The Kier molecular flexibility index (Phi) is 3.05. The molecule has 0 aromatic heterocycles. The van der Waals surface area contributed by atoms with Crippen LogP contribution in [0.2, 0.25) is 0 Å². The average molecular weight is 188 g/mol. The van der Waals surface area contributed by atoms with E-state index in [9.17, 15) is 4.39 Å². The van der Waals surface area contributed by atoms with Crippen molar-refractivity contribution in [1.82, 2.24) is 0 Å². The van der Waals surface area contributed by atoms with Crippen molar-refractivity contribution in [2.45, 2.75) is 0 Å². The lowest BCUT2D eigenvalue weighted by molar-refractivity contribution is 0.406. The van der Waals surface area contributed by atoms with Crippen molar-refractivity contribution in [2.75, 3.05) is 7.11 Å². The lowest BCUT2D eigenvalue weighted by Gasteiger charge is -2.01. The summed E-state index contributed by atoms with van der Waals surface area (Å²) in [6.45, 7) is 0. The fourth-order valence-corrected chi connectivity index (χ4v) is 0.960. The maximum atomic E-state index is 12.4. The number of rotatable bonds is 1. The molecule has 12 heavy (non-hydrogen) atoms. The summed E-state index contributed by atoms with van der Waals surface area (Å²) in [7, 11) is 1.45. The van der Waals surface area contributed by atoms with Gasteiger partial charge in [-0.05, 0) is 24.3 Å². The zero-order valence-electron chi connectivity index (χ0n) is 6.42. The molecule has 1 aromatic carbocycles. The summed E-state index contributed by atoms with van der Waals surface area (Å²) >= 11 is 5.21. The van der Waals surface area contributed by atoms with Crippen LogP contribution in [0.15, 0.2) is 28.8 Å². The quantitative estimate of drug-likeness (QED) is 0.489. The molecule has 0 amide bonds. The van der Waals surface area contributed by atoms with E-state index in [2.05, 4.69) is 4.51 Å². The standard InChI is InChI=1S/C8H7ClFNO/c1-12-8(11-9)6-2-4-7(10)5-3-6/h2-5H,1H3/b11-8-. The highest BCUT2D eigenvalue weighted by molar-refractivity contribution is 6.21. The van der Waals surface area contributed by atoms with Gasteiger partial charge in [-0.1, -0.05) is 0 Å². The van der Waals surface area contributed by atoms with Gasteiger partial charge in [-0.15, -0.1) is 4.51 Å². The van der Waals surface area contributed by atoms with Crippen LogP contribution in [0.3, 0.4) is 0 Å². The Bertz CT molecular complexity index is 284. The van der Waals surface area contributed by atoms with Crippen molar-refractivity contribution >= 4 is 17.7 Å². The fraction of sp³-hybridized carbons (Fsp3) is 0.125. The summed E-state index contributed by atoms with van der Waals surface area (Å²) in [5.74, 6) is -0.0274. The minimum atomic E-state index is -0.302. The number of benzene rings is 1. The van der Waals surface area contributed by atoms with E-state index < -0.39 is 0 Å². The van der Waals surface area contributed by atoms with E-state index >= 15 is 0 Å². The molecule has 0 saturated carbocycles. The Morgan fingerprint density at radius 1 is 1.42 bits per heavy atom. The molecule has 0 aliphatic carbocycles. The predicted molar refractivity (Wildman–Crippen MR) is 45.8 cm³/mol. The summed E-state index contributed by atoms with van der Waals surface area (Å²) in [4.78, 5) is 0. The minimum Gasteiger partial charge on any atom is -0.480 e. The molecule has 0 N–H and O–H groups in total. The number of ether oxygens (including phenoxy) is 1. The van der Waals surface area contributed by atoms with E-state index in [-0.39, 0.29) is 11.7 Å². The van der Waals surface area contributed by atoms with Crippen LogP contribution >= 0.6 is 11.8 Å². The van der Waals surface area contributed by atoms with E-state index in [0.717, 1.165) is 0 Å². The highest BCUT2D eigenvalue weighted by atomic mass is 35.5. The Morgan fingerprint density at radius 3 is 2.42 bits per heavy atom. The van der Waals surface area contributed by atoms with Gasteiger partial charge in [0.05, 0.1) is 7.11 Å². The number of nitrogens with zero attached hydrogens (tertiary/aromatic N) is 1. The fourth-order valence-electron chi connectivity index (χ4n) is 0.794. The first-order valence-electron chi connectivity index (χ1n) is 3.27. The van der Waals surface area contributed by atoms with Crippen molar-refractivity contribution in [2.24, 2.45) is 4.51 Å². The van der Waals surface area contributed by atoms with Crippen LogP contribution in [0.1, 0.15) is 5.56 Å². The van der Waals surface area contributed by atoms with Crippen LogP contribution in [0, 0.1) is 5.82 Å². The largest absolute Gasteiger partial charge is 0.480 e. The lowest BCUT2D eigenvalue weighted by atomic mass is 10.2. The highest BCUT2D eigenvalue weighted by Crippen LogP contribution is 2.05. The van der Waals surface area contributed by atoms with E-state index in [0.29, 0.717) is 5.56 Å². The second-order valence-electron chi connectivity index (χ2n) is 2.10. The topological polar surface area (TPSA) is 21.6 Å². The van der Waals surface area contributed by atoms with Gasteiger partial charge in [0, 0.05) is 17.3 Å². The van der Waals surface area contributed by atoms with Gasteiger partial charge < -0.3 is 4.74 Å². The van der Waals surface area contributed by atoms with Crippen LogP contribution < -0.4 is 0 Å². The molecule has 1 rings (SSSR count). The summed E-state index contributed by atoms with van der Waals surface area (Å²) in [5.41, 5.74) is 0.647. The van der Waals surface area contributed by atoms with Gasteiger partial charge in [-0.25, -0.2) is 4.39 Å². The molecule has 0 saturated heterocycles. The first kappa shape index (κ1) is 9.00. The second-order valence-corrected chi connectivity index (χ2v) is 2.27. The molecular formula is C8H7ClFNO. The summed E-state index contributed by atoms with van der Waals surface area (Å²) in [5, 5.41) is 0. The van der Waals surface area contributed by atoms with Gasteiger partial charge in [0.1, 0.15) is 5.82 Å². The van der Waals surface area contributed by atoms with Gasteiger partial charge in [0.15, 0.2) is 0 Å². The summed E-state index contributed by atoms with van der Waals surface area (Å²) in [6.07, 6.45) is 0. The third-order valence-electron chi connectivity index (χ3n) is 1.36. The van der Waals surface area contributed by atoms with E-state index in [1.54, 1.807) is 12.1 Å². The van der Waals surface area contributed by atoms with E-state index in [1.165, 1.54) is 19.2 Å². The Hall–Kier alpha value is -1.09. The number of halogens is 2. The number of methoxy groups -OCH3 is 1. The first-order valence-corrected chi connectivity index (χ1v) is 3.60. The molecule has 0 aliphatic rings. The molecule has 1 aromatic rings. The van der Waals surface area contributed by atoms with Gasteiger partial charge in [0.2, 0.25) is 5.90 Å². The van der Waals surface area contributed by atoms with Crippen molar-refractivity contribution in [3.8, 4) is 0 Å². The Morgan fingerprint density at radius 2 is 2.00 bits per heavy atom. The molecule has 2 nitrogen and oxygen atoms in total. The smallest absolute Gasteiger partial charge is 0.233 e. The summed E-state index contributed by atoms with van der Waals surface area (Å²) < 4.78 is 20.6. The molecular weight excluding hydrogens is 181 g/mol. The van der Waals surface area contributed by atoms with Gasteiger partial charge in [-0.2, -0.15) is 0 Å². The number of hydrogen-bond donors (Lipinski definition) is 0. The monoisotopic (exact) mass is 187 g/mol. The van der Waals surface area contributed by atoms with Gasteiger partial charge in [-0.3, -0.25) is 0 Å². The highest BCUT2D eigenvalue weighted by Gasteiger charge is 2.01. The van der Waals surface area contributed by atoms with Crippen molar-refractivity contribution in [3.63, 3.8) is 0 Å². The molecule has 0 fully saturated rings. The van der Waals surface area contributed by atoms with Crippen LogP contribution in [0.5, 0.6) is 0 Å². The van der Waals surface area contributed by atoms with E-state index in [1.807, 2.05) is 0 Å². The Labute approximate surface area is 74.8 Å². The Balaban J connectivity index is 2.96. The third-order valence-corrected chi connectivity index (χ3v) is 1.51. The maximum absolute atomic E-state index is 12.4. The lowest BCUT2D eigenvalue weighted by Crippen LogP contribution is -2.01.